The summed E-state index contributed by atoms with van der Waals surface area (Å²) in [5.41, 5.74) is 1.57. The van der Waals surface area contributed by atoms with E-state index in [0.29, 0.717) is 43.2 Å². The lowest BCUT2D eigenvalue weighted by Gasteiger charge is -2.38. The van der Waals surface area contributed by atoms with Crippen LogP contribution in [0, 0.1) is 17.7 Å². The quantitative estimate of drug-likeness (QED) is 0.490. The van der Waals surface area contributed by atoms with Gasteiger partial charge in [-0.1, -0.05) is 17.7 Å². The number of hydrogen-bond acceptors (Lipinski definition) is 6. The van der Waals surface area contributed by atoms with Gasteiger partial charge in [0.25, 0.3) is 0 Å². The highest BCUT2D eigenvalue weighted by atomic mass is 35.5. The second-order valence-corrected chi connectivity index (χ2v) is 8.74. The van der Waals surface area contributed by atoms with Crippen LogP contribution in [0.25, 0.3) is 0 Å². The zero-order valence-electron chi connectivity index (χ0n) is 18.0. The van der Waals surface area contributed by atoms with Crippen molar-refractivity contribution in [1.29, 1.82) is 0 Å². The molecule has 2 heterocycles. The van der Waals surface area contributed by atoms with Crippen molar-refractivity contribution in [3.63, 3.8) is 0 Å². The number of fused-ring (bicyclic) bond motifs is 2. The molecule has 0 amide bonds. The predicted octanol–water partition coefficient (Wildman–Crippen LogP) is 4.61. The van der Waals surface area contributed by atoms with Gasteiger partial charge in [-0.25, -0.2) is 14.2 Å². The molecule has 0 spiro atoms. The Morgan fingerprint density at radius 2 is 2.16 bits per heavy atom. The molecule has 0 unspecified atom stereocenters. The molecule has 1 aromatic carbocycles. The van der Waals surface area contributed by atoms with E-state index in [1.807, 2.05) is 11.0 Å². The monoisotopic (exact) mass is 460 g/mol. The van der Waals surface area contributed by atoms with Gasteiger partial charge >= 0.3 is 5.97 Å². The Hall–Kier alpha value is -2.67. The first-order valence-corrected chi connectivity index (χ1v) is 11.3. The number of methoxy groups -OCH3 is 1. The molecule has 0 N–H and O–H groups in total. The number of pyridine rings is 1. The van der Waals surface area contributed by atoms with Crippen molar-refractivity contribution in [2.45, 2.75) is 38.6 Å². The van der Waals surface area contributed by atoms with Crippen LogP contribution in [0.4, 0.5) is 10.2 Å². The number of rotatable bonds is 4. The van der Waals surface area contributed by atoms with E-state index < -0.39 is 11.8 Å². The van der Waals surface area contributed by atoms with Crippen LogP contribution >= 0.6 is 11.6 Å². The molecule has 1 saturated carbocycles. The fraction of sp³-hybridized carbons (Fsp3) is 0.458. The Labute approximate surface area is 191 Å². The number of esters is 1. The number of halogens is 2. The van der Waals surface area contributed by atoms with Gasteiger partial charge in [0.2, 0.25) is 0 Å². The van der Waals surface area contributed by atoms with E-state index in [0.717, 1.165) is 37.5 Å². The molecule has 2 aliphatic rings. The number of carbonyl (C=O) groups excluding carboxylic acids is 2. The van der Waals surface area contributed by atoms with Gasteiger partial charge in [-0.15, -0.1) is 0 Å². The first kappa shape index (κ1) is 22.5. The van der Waals surface area contributed by atoms with Crippen LogP contribution in [-0.2, 0) is 22.5 Å². The van der Waals surface area contributed by atoms with Crippen molar-refractivity contribution in [3.8, 4) is 5.75 Å². The highest BCUT2D eigenvalue weighted by Gasteiger charge is 2.33. The van der Waals surface area contributed by atoms with Crippen molar-refractivity contribution in [3.05, 3.63) is 51.9 Å². The van der Waals surface area contributed by atoms with E-state index in [9.17, 15) is 14.0 Å². The van der Waals surface area contributed by atoms with Crippen molar-refractivity contribution in [2.75, 3.05) is 25.2 Å². The van der Waals surface area contributed by atoms with E-state index in [2.05, 4.69) is 4.98 Å². The molecule has 8 heteroatoms. The lowest BCUT2D eigenvalue weighted by Crippen LogP contribution is -2.39. The van der Waals surface area contributed by atoms with Crippen LogP contribution in [0.15, 0.2) is 24.3 Å². The molecule has 1 fully saturated rings. The van der Waals surface area contributed by atoms with Gasteiger partial charge in [-0.3, -0.25) is 0 Å². The fourth-order valence-corrected chi connectivity index (χ4v) is 4.52. The second-order valence-electron chi connectivity index (χ2n) is 8.33. The topological polar surface area (TPSA) is 68.7 Å². The Bertz CT molecular complexity index is 1020. The predicted molar refractivity (Wildman–Crippen MR) is 119 cm³/mol. The van der Waals surface area contributed by atoms with E-state index in [1.165, 1.54) is 7.11 Å². The van der Waals surface area contributed by atoms with Crippen LogP contribution in [0.2, 0.25) is 5.02 Å². The van der Waals surface area contributed by atoms with Crippen LogP contribution in [0.1, 0.15) is 47.3 Å². The van der Waals surface area contributed by atoms with Gasteiger partial charge < -0.3 is 19.2 Å². The number of ether oxygens (including phenoxy) is 2. The van der Waals surface area contributed by atoms with Crippen molar-refractivity contribution in [1.82, 2.24) is 4.98 Å². The molecule has 32 heavy (non-hydrogen) atoms. The number of nitrogens with zero attached hydrogens (tertiary/aromatic N) is 2. The largest absolute Gasteiger partial charge is 0.490 e. The molecular weight excluding hydrogens is 435 g/mol. The summed E-state index contributed by atoms with van der Waals surface area (Å²) in [6.45, 7) is 1.35. The lowest BCUT2D eigenvalue weighted by molar-refractivity contribution is -0.115. The highest BCUT2D eigenvalue weighted by Crippen LogP contribution is 2.37. The average Bonchev–Trinajstić information content (AvgIpc) is 2.82. The maximum atomic E-state index is 14.9. The van der Waals surface area contributed by atoms with E-state index in [1.54, 1.807) is 18.2 Å². The van der Waals surface area contributed by atoms with E-state index >= 15 is 0 Å². The smallest absolute Gasteiger partial charge is 0.356 e. The number of benzene rings is 1. The first-order chi connectivity index (χ1) is 15.5. The maximum Gasteiger partial charge on any atom is 0.356 e. The minimum atomic E-state index is -0.547. The first-order valence-electron chi connectivity index (χ1n) is 10.9. The minimum absolute atomic E-state index is 0.0113. The molecule has 0 bridgehead atoms. The number of carbonyl (C=O) groups is 2. The average molecular weight is 461 g/mol. The minimum Gasteiger partial charge on any atom is -0.490 e. The number of hydrogen-bond donors (Lipinski definition) is 0. The zero-order chi connectivity index (χ0) is 22.7. The SMILES string of the molecule is COC(=O)c1ccc2c(n1)N(C[C@@H]1CC[C@H]1C=O)Cc1ccc(Cl)c(F)c1CCCCO2. The molecule has 1 aliphatic heterocycles. The van der Waals surface area contributed by atoms with E-state index in [-0.39, 0.29) is 22.6 Å². The van der Waals surface area contributed by atoms with Gasteiger partial charge in [-0.05, 0) is 67.3 Å². The van der Waals surface area contributed by atoms with Crippen molar-refractivity contribution < 1.29 is 23.5 Å². The summed E-state index contributed by atoms with van der Waals surface area (Å²) in [5, 5.41) is 0.105. The molecule has 0 radical (unpaired) electrons. The molecule has 0 saturated heterocycles. The fourth-order valence-electron chi connectivity index (χ4n) is 4.35. The van der Waals surface area contributed by atoms with Gasteiger partial charge in [0.15, 0.2) is 17.3 Å². The second kappa shape index (κ2) is 9.86. The molecule has 1 aliphatic carbocycles. The Balaban J connectivity index is 1.79. The normalized spacial score (nSPS) is 20.7. The molecule has 1 aromatic heterocycles. The van der Waals surface area contributed by atoms with E-state index in [4.69, 9.17) is 21.1 Å². The third-order valence-electron chi connectivity index (χ3n) is 6.37. The summed E-state index contributed by atoms with van der Waals surface area (Å²) in [7, 11) is 1.31. The van der Waals surface area contributed by atoms with Gasteiger partial charge in [0.1, 0.15) is 12.1 Å². The third kappa shape index (κ3) is 4.58. The zero-order valence-corrected chi connectivity index (χ0v) is 18.7. The van der Waals surface area contributed by atoms with Gasteiger partial charge in [0, 0.05) is 19.0 Å². The summed E-state index contributed by atoms with van der Waals surface area (Å²) in [6, 6.07) is 6.71. The number of aldehydes is 1. The number of aromatic nitrogens is 1. The molecule has 170 valence electrons. The van der Waals surface area contributed by atoms with Crippen molar-refractivity contribution in [2.24, 2.45) is 11.8 Å². The summed E-state index contributed by atoms with van der Waals surface area (Å²) < 4.78 is 25.8. The van der Waals surface area contributed by atoms with Crippen LogP contribution in [0.3, 0.4) is 0 Å². The highest BCUT2D eigenvalue weighted by molar-refractivity contribution is 6.30. The van der Waals surface area contributed by atoms with Gasteiger partial charge in [0.05, 0.1) is 18.7 Å². The van der Waals surface area contributed by atoms with Crippen LogP contribution < -0.4 is 9.64 Å². The maximum absolute atomic E-state index is 14.9. The lowest BCUT2D eigenvalue weighted by atomic mass is 9.74. The molecule has 2 atom stereocenters. The summed E-state index contributed by atoms with van der Waals surface area (Å²) in [6.07, 6.45) is 4.83. The Morgan fingerprint density at radius 1 is 1.31 bits per heavy atom. The summed E-state index contributed by atoms with van der Waals surface area (Å²) in [5.74, 6) is 0.257. The molecule has 6 nitrogen and oxygen atoms in total. The molecular formula is C24H26ClFN2O4. The molecule has 4 rings (SSSR count). The Kier molecular flexibility index (Phi) is 6.94. The van der Waals surface area contributed by atoms with Crippen molar-refractivity contribution >= 4 is 29.7 Å². The summed E-state index contributed by atoms with van der Waals surface area (Å²) >= 11 is 6.07. The third-order valence-corrected chi connectivity index (χ3v) is 6.66. The number of anilines is 1. The van der Waals surface area contributed by atoms with Crippen LogP contribution in [-0.4, -0.2) is 37.5 Å². The summed E-state index contributed by atoms with van der Waals surface area (Å²) in [4.78, 5) is 30.1. The van der Waals surface area contributed by atoms with Crippen LogP contribution in [0.5, 0.6) is 5.75 Å². The molecule has 2 aromatic rings. The van der Waals surface area contributed by atoms with Gasteiger partial charge in [-0.2, -0.15) is 0 Å². The Morgan fingerprint density at radius 3 is 2.88 bits per heavy atom. The standard InChI is InChI=1S/C24H26ClFN2O4/c1-31-24(30)20-9-10-21-23(27-20)28(12-15-5-6-17(15)14-29)13-16-7-8-19(25)22(26)18(16)4-2-3-11-32-21/h7-10,14-15,17H,2-6,11-13H2,1H3/t15-,17-/m0/s1.